The first-order valence-corrected chi connectivity index (χ1v) is 7.19. The molecule has 1 aromatic heterocycles. The van der Waals surface area contributed by atoms with E-state index in [0.29, 0.717) is 10.4 Å². The molecule has 2 rings (SSSR count). The Balaban J connectivity index is 1.93. The molecule has 0 atom stereocenters. The van der Waals surface area contributed by atoms with E-state index >= 15 is 0 Å². The van der Waals surface area contributed by atoms with E-state index in [1.165, 1.54) is 19.3 Å². The smallest absolute Gasteiger partial charge is 0.144 e. The minimum atomic E-state index is 0.281. The summed E-state index contributed by atoms with van der Waals surface area (Å²) in [5, 5.41) is 3.33. The average Bonchev–Trinajstić information content (AvgIpc) is 2.29. The summed E-state index contributed by atoms with van der Waals surface area (Å²) in [4.78, 5) is 8.68. The molecule has 4 nitrogen and oxygen atoms in total. The lowest BCUT2D eigenvalue weighted by Crippen LogP contribution is -2.40. The van der Waals surface area contributed by atoms with Crippen LogP contribution in [-0.2, 0) is 0 Å². The second-order valence-corrected chi connectivity index (χ2v) is 5.96. The van der Waals surface area contributed by atoms with Crippen molar-refractivity contribution >= 4 is 34.8 Å². The molecule has 1 aliphatic carbocycles. The van der Waals surface area contributed by atoms with Crippen molar-refractivity contribution in [3.05, 3.63) is 18.1 Å². The highest BCUT2D eigenvalue weighted by Gasteiger charge is 2.35. The van der Waals surface area contributed by atoms with Crippen molar-refractivity contribution in [2.24, 2.45) is 5.73 Å². The molecule has 0 aromatic carbocycles. The lowest BCUT2D eigenvalue weighted by Gasteiger charge is -2.40. The normalized spacial score (nSPS) is 17.2. The van der Waals surface area contributed by atoms with Gasteiger partial charge in [-0.3, -0.25) is 0 Å². The predicted octanol–water partition coefficient (Wildman–Crippen LogP) is 1.81. The minimum Gasteiger partial charge on any atom is -0.388 e. The van der Waals surface area contributed by atoms with Crippen LogP contribution in [0.15, 0.2) is 12.4 Å². The molecule has 0 aliphatic heterocycles. The van der Waals surface area contributed by atoms with Crippen molar-refractivity contribution in [1.82, 2.24) is 9.97 Å². The second kappa shape index (κ2) is 5.18. The first-order chi connectivity index (χ1) is 8.15. The van der Waals surface area contributed by atoms with Crippen molar-refractivity contribution in [3.8, 4) is 0 Å². The summed E-state index contributed by atoms with van der Waals surface area (Å²) < 4.78 is 0.392. The molecule has 1 saturated carbocycles. The third-order valence-electron chi connectivity index (χ3n) is 3.19. The van der Waals surface area contributed by atoms with Crippen molar-refractivity contribution in [1.29, 1.82) is 0 Å². The zero-order valence-corrected chi connectivity index (χ0v) is 11.4. The van der Waals surface area contributed by atoms with Gasteiger partial charge in [-0.25, -0.2) is 9.97 Å². The first-order valence-electron chi connectivity index (χ1n) is 5.56. The van der Waals surface area contributed by atoms with E-state index < -0.39 is 0 Å². The minimum absolute atomic E-state index is 0.281. The molecule has 0 radical (unpaired) electrons. The van der Waals surface area contributed by atoms with Gasteiger partial charge in [-0.05, 0) is 19.1 Å². The Hall–Kier alpha value is -0.880. The second-order valence-electron chi connectivity index (χ2n) is 4.25. The highest BCUT2D eigenvalue weighted by molar-refractivity contribution is 8.00. The number of nitrogens with zero attached hydrogens (tertiary/aromatic N) is 2. The van der Waals surface area contributed by atoms with E-state index in [0.717, 1.165) is 12.4 Å². The topological polar surface area (TPSA) is 63.8 Å². The van der Waals surface area contributed by atoms with E-state index in [9.17, 15) is 0 Å². The summed E-state index contributed by atoms with van der Waals surface area (Å²) in [6.07, 6.45) is 9.34. The van der Waals surface area contributed by atoms with Gasteiger partial charge in [0.2, 0.25) is 0 Å². The molecule has 0 bridgehead atoms. The standard InChI is InChI=1S/C11H16N4S2/c1-17-11(3-2-4-11)7-15-9-6-13-8(5-14-9)10(12)16/h5-6H,2-4,7H2,1H3,(H2,12,16)(H,14,15). The molecule has 0 amide bonds. The molecule has 0 saturated heterocycles. The van der Waals surface area contributed by atoms with E-state index in [1.807, 2.05) is 11.8 Å². The molecule has 1 fully saturated rings. The van der Waals surface area contributed by atoms with Gasteiger partial charge in [0, 0.05) is 11.3 Å². The van der Waals surface area contributed by atoms with Gasteiger partial charge in [0.1, 0.15) is 16.5 Å². The van der Waals surface area contributed by atoms with E-state index in [1.54, 1.807) is 12.4 Å². The number of nitrogens with one attached hydrogen (secondary N) is 1. The van der Waals surface area contributed by atoms with Gasteiger partial charge in [0.25, 0.3) is 0 Å². The molecule has 6 heteroatoms. The maximum absolute atomic E-state index is 5.46. The molecule has 0 spiro atoms. The number of anilines is 1. The number of rotatable bonds is 5. The van der Waals surface area contributed by atoms with Crippen LogP contribution in [0.25, 0.3) is 0 Å². The molecule has 1 heterocycles. The highest BCUT2D eigenvalue weighted by Crippen LogP contribution is 2.42. The molecule has 17 heavy (non-hydrogen) atoms. The summed E-state index contributed by atoms with van der Waals surface area (Å²) >= 11 is 6.76. The van der Waals surface area contributed by atoms with Crippen LogP contribution in [0.2, 0.25) is 0 Å². The van der Waals surface area contributed by atoms with Gasteiger partial charge in [0.05, 0.1) is 12.4 Å². The van der Waals surface area contributed by atoms with Crippen molar-refractivity contribution in [2.45, 2.75) is 24.0 Å². The molecule has 3 N–H and O–H groups in total. The molecule has 92 valence electrons. The van der Waals surface area contributed by atoms with Gasteiger partial charge in [0.15, 0.2) is 0 Å². The highest BCUT2D eigenvalue weighted by atomic mass is 32.2. The lowest BCUT2D eigenvalue weighted by atomic mass is 9.84. The Labute approximate surface area is 111 Å². The first kappa shape index (κ1) is 12.6. The van der Waals surface area contributed by atoms with Gasteiger partial charge < -0.3 is 11.1 Å². The Bertz CT molecular complexity index is 395. The van der Waals surface area contributed by atoms with Crippen LogP contribution < -0.4 is 11.1 Å². The number of hydrogen-bond donors (Lipinski definition) is 2. The Kier molecular flexibility index (Phi) is 3.83. The maximum Gasteiger partial charge on any atom is 0.144 e. The van der Waals surface area contributed by atoms with Crippen molar-refractivity contribution < 1.29 is 0 Å². The zero-order chi connectivity index (χ0) is 12.3. The van der Waals surface area contributed by atoms with E-state index in [2.05, 4.69) is 21.5 Å². The summed E-state index contributed by atoms with van der Waals surface area (Å²) in [7, 11) is 0. The third-order valence-corrected chi connectivity index (χ3v) is 4.82. The summed E-state index contributed by atoms with van der Waals surface area (Å²) in [6, 6.07) is 0. The third kappa shape index (κ3) is 2.87. The van der Waals surface area contributed by atoms with Gasteiger partial charge in [-0.2, -0.15) is 11.8 Å². The maximum atomic E-state index is 5.46. The lowest BCUT2D eigenvalue weighted by molar-refractivity contribution is 0.379. The molecular weight excluding hydrogens is 252 g/mol. The zero-order valence-electron chi connectivity index (χ0n) is 9.77. The SMILES string of the molecule is CSC1(CNc2cnc(C(N)=S)cn2)CCC1. The summed E-state index contributed by atoms with van der Waals surface area (Å²) in [5.74, 6) is 0.783. The van der Waals surface area contributed by atoms with Crippen LogP contribution in [0.3, 0.4) is 0 Å². The Morgan fingerprint density at radius 3 is 2.71 bits per heavy atom. The van der Waals surface area contributed by atoms with Gasteiger partial charge >= 0.3 is 0 Å². The predicted molar refractivity (Wildman–Crippen MR) is 76.5 cm³/mol. The monoisotopic (exact) mass is 268 g/mol. The fraction of sp³-hybridized carbons (Fsp3) is 0.545. The van der Waals surface area contributed by atoms with Crippen molar-refractivity contribution in [2.75, 3.05) is 18.1 Å². The summed E-state index contributed by atoms with van der Waals surface area (Å²) in [5.41, 5.74) is 6.03. The number of thiocarbonyl (C=S) groups is 1. The van der Waals surface area contributed by atoms with Crippen LogP contribution >= 0.6 is 24.0 Å². The van der Waals surface area contributed by atoms with E-state index in [-0.39, 0.29) is 4.99 Å². The number of thioether (sulfide) groups is 1. The fourth-order valence-corrected chi connectivity index (χ4v) is 2.84. The summed E-state index contributed by atoms with van der Waals surface area (Å²) in [6.45, 7) is 0.940. The number of nitrogens with two attached hydrogens (primary N) is 1. The van der Waals surface area contributed by atoms with Crippen LogP contribution in [0.5, 0.6) is 0 Å². The van der Waals surface area contributed by atoms with Gasteiger partial charge in [-0.15, -0.1) is 0 Å². The van der Waals surface area contributed by atoms with Gasteiger partial charge in [-0.1, -0.05) is 18.6 Å². The largest absolute Gasteiger partial charge is 0.388 e. The fourth-order valence-electron chi connectivity index (χ4n) is 1.82. The van der Waals surface area contributed by atoms with E-state index in [4.69, 9.17) is 18.0 Å². The molecular formula is C11H16N4S2. The van der Waals surface area contributed by atoms with Crippen LogP contribution in [0, 0.1) is 0 Å². The Morgan fingerprint density at radius 2 is 2.29 bits per heavy atom. The molecule has 1 aromatic rings. The van der Waals surface area contributed by atoms with Crippen LogP contribution in [-0.4, -0.2) is 32.5 Å². The quantitative estimate of drug-likeness (QED) is 0.794. The molecule has 0 unspecified atom stereocenters. The number of hydrogen-bond acceptors (Lipinski definition) is 5. The molecule has 1 aliphatic rings. The Morgan fingerprint density at radius 1 is 1.53 bits per heavy atom. The van der Waals surface area contributed by atoms with Crippen molar-refractivity contribution in [3.63, 3.8) is 0 Å². The van der Waals surface area contributed by atoms with Crippen LogP contribution in [0.1, 0.15) is 25.0 Å². The number of aromatic nitrogens is 2. The van der Waals surface area contributed by atoms with Crippen LogP contribution in [0.4, 0.5) is 5.82 Å². The average molecular weight is 268 g/mol.